The average Bonchev–Trinajstić information content (AvgIpc) is 3.01. The van der Waals surface area contributed by atoms with E-state index in [1.807, 2.05) is 30.3 Å². The van der Waals surface area contributed by atoms with Gasteiger partial charge < -0.3 is 10.1 Å². The Balaban J connectivity index is 1.56. The van der Waals surface area contributed by atoms with E-state index >= 15 is 0 Å². The smallest absolute Gasteiger partial charge is 0.261 e. The highest BCUT2D eigenvalue weighted by molar-refractivity contribution is 9.11. The Morgan fingerprint density at radius 2 is 2.21 bits per heavy atom. The highest BCUT2D eigenvalue weighted by Gasteiger charge is 2.22. The van der Waals surface area contributed by atoms with Gasteiger partial charge in [-0.3, -0.25) is 4.79 Å². The molecule has 0 saturated carbocycles. The number of halogens is 1. The molecule has 0 spiro atoms. The number of hydrogen-bond donors (Lipinski definition) is 1. The Kier molecular flexibility index (Phi) is 3.57. The van der Waals surface area contributed by atoms with Gasteiger partial charge in [0.05, 0.1) is 15.2 Å². The molecule has 1 amide bonds. The molecule has 5 heteroatoms. The van der Waals surface area contributed by atoms with Crippen LogP contribution in [0.1, 0.15) is 15.2 Å². The zero-order valence-electron chi connectivity index (χ0n) is 10.1. The Labute approximate surface area is 123 Å². The molecule has 2 heterocycles. The molecule has 0 unspecified atom stereocenters. The van der Waals surface area contributed by atoms with Crippen LogP contribution in [0.25, 0.3) is 0 Å². The van der Waals surface area contributed by atoms with Gasteiger partial charge in [-0.1, -0.05) is 18.2 Å². The highest BCUT2D eigenvalue weighted by Crippen LogP contribution is 2.28. The molecule has 0 fully saturated rings. The van der Waals surface area contributed by atoms with Crippen molar-refractivity contribution in [2.24, 2.45) is 0 Å². The van der Waals surface area contributed by atoms with Crippen LogP contribution < -0.4 is 10.1 Å². The second-order valence-electron chi connectivity index (χ2n) is 4.37. The number of rotatable bonds is 3. The van der Waals surface area contributed by atoms with Crippen molar-refractivity contribution in [1.29, 1.82) is 0 Å². The lowest BCUT2D eigenvalue weighted by molar-refractivity contribution is 0.0937. The molecule has 1 N–H and O–H groups in total. The maximum Gasteiger partial charge on any atom is 0.261 e. The van der Waals surface area contributed by atoms with Gasteiger partial charge in [-0.15, -0.1) is 11.3 Å². The zero-order chi connectivity index (χ0) is 13.2. The largest absolute Gasteiger partial charge is 0.488 e. The lowest BCUT2D eigenvalue weighted by atomic mass is 10.1. The van der Waals surface area contributed by atoms with Crippen LogP contribution in [0.4, 0.5) is 0 Å². The predicted molar refractivity (Wildman–Crippen MR) is 78.9 cm³/mol. The minimum Gasteiger partial charge on any atom is -0.488 e. The number of nitrogens with one attached hydrogen (secondary N) is 1. The summed E-state index contributed by atoms with van der Waals surface area (Å²) in [6.45, 7) is 0.531. The SMILES string of the molecule is O=C(NC[C@H]1Cc2ccccc2O1)c1ccc(Br)s1. The number of carbonyl (C=O) groups is 1. The van der Waals surface area contributed by atoms with Gasteiger partial charge in [0, 0.05) is 6.42 Å². The second-order valence-corrected chi connectivity index (χ2v) is 6.83. The van der Waals surface area contributed by atoms with Crippen LogP contribution in [-0.4, -0.2) is 18.6 Å². The fourth-order valence-corrected chi connectivity index (χ4v) is 3.40. The van der Waals surface area contributed by atoms with Gasteiger partial charge in [0.1, 0.15) is 11.9 Å². The van der Waals surface area contributed by atoms with Crippen LogP contribution in [0, 0.1) is 0 Å². The summed E-state index contributed by atoms with van der Waals surface area (Å²) in [7, 11) is 0. The minimum atomic E-state index is -0.0461. The molecule has 0 aliphatic carbocycles. The van der Waals surface area contributed by atoms with E-state index in [4.69, 9.17) is 4.74 Å². The molecule has 3 rings (SSSR count). The van der Waals surface area contributed by atoms with Crippen LogP contribution >= 0.6 is 27.3 Å². The van der Waals surface area contributed by atoms with E-state index in [9.17, 15) is 4.79 Å². The molecule has 1 aromatic heterocycles. The summed E-state index contributed by atoms with van der Waals surface area (Å²) in [5, 5.41) is 2.91. The van der Waals surface area contributed by atoms with E-state index < -0.39 is 0 Å². The summed E-state index contributed by atoms with van der Waals surface area (Å²) in [5.74, 6) is 0.885. The van der Waals surface area contributed by atoms with E-state index in [1.54, 1.807) is 0 Å². The number of ether oxygens (including phenoxy) is 1. The van der Waals surface area contributed by atoms with Gasteiger partial charge in [-0.05, 0) is 39.7 Å². The number of benzene rings is 1. The maximum absolute atomic E-state index is 11.9. The Morgan fingerprint density at radius 3 is 2.95 bits per heavy atom. The minimum absolute atomic E-state index is 0.0322. The van der Waals surface area contributed by atoms with E-state index in [2.05, 4.69) is 27.3 Å². The maximum atomic E-state index is 11.9. The normalized spacial score (nSPS) is 16.8. The second kappa shape index (κ2) is 5.35. The first-order chi connectivity index (χ1) is 9.22. The van der Waals surface area contributed by atoms with Crippen LogP contribution in [0.3, 0.4) is 0 Å². The number of carbonyl (C=O) groups excluding carboxylic acids is 1. The van der Waals surface area contributed by atoms with Crippen LogP contribution in [0.2, 0.25) is 0 Å². The van der Waals surface area contributed by atoms with Crippen molar-refractivity contribution in [2.75, 3.05) is 6.54 Å². The van der Waals surface area contributed by atoms with Gasteiger partial charge >= 0.3 is 0 Å². The fraction of sp³-hybridized carbons (Fsp3) is 0.214. The van der Waals surface area contributed by atoms with Crippen molar-refractivity contribution in [3.8, 4) is 5.75 Å². The van der Waals surface area contributed by atoms with Crippen molar-refractivity contribution in [2.45, 2.75) is 12.5 Å². The third-order valence-corrected chi connectivity index (χ3v) is 4.62. The number of thiophene rings is 1. The summed E-state index contributed by atoms with van der Waals surface area (Å²) in [6, 6.07) is 11.7. The van der Waals surface area contributed by atoms with Gasteiger partial charge in [0.25, 0.3) is 5.91 Å². The lowest BCUT2D eigenvalue weighted by Crippen LogP contribution is -2.34. The number of para-hydroxylation sites is 1. The Bertz CT molecular complexity index is 586. The summed E-state index contributed by atoms with van der Waals surface area (Å²) < 4.78 is 6.74. The molecule has 1 aliphatic heterocycles. The molecule has 0 bridgehead atoms. The number of fused-ring (bicyclic) bond motifs is 1. The molecule has 1 aliphatic rings. The molecular formula is C14H12BrNO2S. The molecule has 1 atom stereocenters. The Morgan fingerprint density at radius 1 is 1.37 bits per heavy atom. The molecular weight excluding hydrogens is 326 g/mol. The first-order valence-electron chi connectivity index (χ1n) is 6.00. The highest BCUT2D eigenvalue weighted by atomic mass is 79.9. The molecule has 3 nitrogen and oxygen atoms in total. The fourth-order valence-electron chi connectivity index (χ4n) is 2.10. The number of hydrogen-bond acceptors (Lipinski definition) is 3. The zero-order valence-corrected chi connectivity index (χ0v) is 12.5. The van der Waals surface area contributed by atoms with Crippen molar-refractivity contribution >= 4 is 33.2 Å². The first-order valence-corrected chi connectivity index (χ1v) is 7.61. The first kappa shape index (κ1) is 12.7. The van der Waals surface area contributed by atoms with Gasteiger partial charge in [0.15, 0.2) is 0 Å². The topological polar surface area (TPSA) is 38.3 Å². The summed E-state index contributed by atoms with van der Waals surface area (Å²) in [4.78, 5) is 12.6. The molecule has 0 radical (unpaired) electrons. The van der Waals surface area contributed by atoms with E-state index in [0.29, 0.717) is 11.4 Å². The summed E-state index contributed by atoms with van der Waals surface area (Å²) in [6.07, 6.45) is 0.884. The van der Waals surface area contributed by atoms with Crippen LogP contribution in [0.5, 0.6) is 5.75 Å². The summed E-state index contributed by atoms with van der Waals surface area (Å²) in [5.41, 5.74) is 1.21. The van der Waals surface area contributed by atoms with Crippen molar-refractivity contribution in [1.82, 2.24) is 5.32 Å². The van der Waals surface area contributed by atoms with Crippen LogP contribution in [0.15, 0.2) is 40.2 Å². The number of amides is 1. The molecule has 0 saturated heterocycles. The third-order valence-electron chi connectivity index (χ3n) is 3.00. The van der Waals surface area contributed by atoms with Crippen molar-refractivity contribution < 1.29 is 9.53 Å². The standard InChI is InChI=1S/C14H12BrNO2S/c15-13-6-5-12(19-13)14(17)16-8-10-7-9-3-1-2-4-11(9)18-10/h1-6,10H,7-8H2,(H,16,17)/t10-/m1/s1. The van der Waals surface area contributed by atoms with Gasteiger partial charge in [-0.25, -0.2) is 0 Å². The quantitative estimate of drug-likeness (QED) is 0.933. The Hall–Kier alpha value is -1.33. The van der Waals surface area contributed by atoms with Crippen molar-refractivity contribution in [3.05, 3.63) is 50.6 Å². The van der Waals surface area contributed by atoms with E-state index in [0.717, 1.165) is 16.0 Å². The summed E-state index contributed by atoms with van der Waals surface area (Å²) >= 11 is 4.78. The molecule has 98 valence electrons. The van der Waals surface area contributed by atoms with Crippen LogP contribution in [-0.2, 0) is 6.42 Å². The molecule has 19 heavy (non-hydrogen) atoms. The third kappa shape index (κ3) is 2.82. The lowest BCUT2D eigenvalue weighted by Gasteiger charge is -2.11. The van der Waals surface area contributed by atoms with Gasteiger partial charge in [-0.2, -0.15) is 0 Å². The van der Waals surface area contributed by atoms with E-state index in [-0.39, 0.29) is 12.0 Å². The van der Waals surface area contributed by atoms with E-state index in [1.165, 1.54) is 16.9 Å². The van der Waals surface area contributed by atoms with Gasteiger partial charge in [0.2, 0.25) is 0 Å². The average molecular weight is 338 g/mol. The molecule has 2 aromatic rings. The molecule has 1 aromatic carbocycles. The monoisotopic (exact) mass is 337 g/mol. The predicted octanol–water partition coefficient (Wildman–Crippen LogP) is 3.24. The van der Waals surface area contributed by atoms with Crippen molar-refractivity contribution in [3.63, 3.8) is 0 Å².